The van der Waals surface area contributed by atoms with E-state index >= 15 is 0 Å². The van der Waals surface area contributed by atoms with Crippen molar-refractivity contribution in [3.8, 4) is 0 Å². The van der Waals surface area contributed by atoms with Crippen molar-refractivity contribution in [2.45, 2.75) is 6.10 Å². The maximum absolute atomic E-state index is 13.2. The van der Waals surface area contributed by atoms with Crippen molar-refractivity contribution in [1.82, 2.24) is 4.90 Å². The van der Waals surface area contributed by atoms with Gasteiger partial charge in [-0.15, -0.1) is 0 Å². The molecule has 0 bridgehead atoms. The number of carbonyl (C=O) groups excluding carboxylic acids is 4. The van der Waals surface area contributed by atoms with Crippen molar-refractivity contribution in [2.24, 2.45) is 0 Å². The average Bonchev–Trinajstić information content (AvgIpc) is 3.09. The van der Waals surface area contributed by atoms with Gasteiger partial charge < -0.3 is 10.1 Å². The SMILES string of the molecule is O=C(CN1C(=O)c2cccc([N+](=O)[O-])c2C1=O)OC(C(=O)Nc1ccc(F)cc1)c1ccccc1. The zero-order valence-corrected chi connectivity index (χ0v) is 17.8. The molecule has 1 aliphatic heterocycles. The first kappa shape index (κ1) is 23.2. The van der Waals surface area contributed by atoms with Crippen LogP contribution >= 0.6 is 0 Å². The molecule has 0 aliphatic carbocycles. The first-order chi connectivity index (χ1) is 16.8. The second kappa shape index (κ2) is 9.51. The minimum Gasteiger partial charge on any atom is -0.446 e. The number of rotatable bonds is 7. The van der Waals surface area contributed by atoms with Crippen molar-refractivity contribution in [1.29, 1.82) is 0 Å². The van der Waals surface area contributed by atoms with Gasteiger partial charge in [0.25, 0.3) is 23.4 Å². The van der Waals surface area contributed by atoms with Gasteiger partial charge in [0.05, 0.1) is 10.5 Å². The van der Waals surface area contributed by atoms with Crippen LogP contribution in [0.25, 0.3) is 0 Å². The Morgan fingerprint density at radius 1 is 0.971 bits per heavy atom. The van der Waals surface area contributed by atoms with Crippen LogP contribution in [0, 0.1) is 15.9 Å². The van der Waals surface area contributed by atoms with Crippen LogP contribution in [0.2, 0.25) is 0 Å². The Kier molecular flexibility index (Phi) is 6.32. The highest BCUT2D eigenvalue weighted by molar-refractivity contribution is 6.24. The topological polar surface area (TPSA) is 136 Å². The van der Waals surface area contributed by atoms with Crippen LogP contribution in [0.4, 0.5) is 15.8 Å². The summed E-state index contributed by atoms with van der Waals surface area (Å²) in [5.74, 6) is -4.26. The van der Waals surface area contributed by atoms with Gasteiger partial charge in [0.2, 0.25) is 6.10 Å². The van der Waals surface area contributed by atoms with E-state index in [1.165, 1.54) is 36.4 Å². The molecule has 3 aromatic rings. The molecule has 10 nitrogen and oxygen atoms in total. The van der Waals surface area contributed by atoms with Crippen molar-refractivity contribution in [3.63, 3.8) is 0 Å². The number of amides is 3. The Morgan fingerprint density at radius 2 is 1.66 bits per heavy atom. The standard InChI is InChI=1S/C24H16FN3O7/c25-15-9-11-16(12-10-15)26-22(30)21(14-5-2-1-3-6-14)35-19(29)13-27-23(31)17-7-4-8-18(28(33)34)20(17)24(27)32/h1-12,21H,13H2,(H,26,30). The summed E-state index contributed by atoms with van der Waals surface area (Å²) in [5.41, 5.74) is -0.619. The molecule has 3 aromatic carbocycles. The van der Waals surface area contributed by atoms with Crippen LogP contribution in [0.3, 0.4) is 0 Å². The van der Waals surface area contributed by atoms with E-state index in [1.54, 1.807) is 18.2 Å². The van der Waals surface area contributed by atoms with Gasteiger partial charge in [-0.25, -0.2) is 4.39 Å². The molecule has 0 radical (unpaired) electrons. The van der Waals surface area contributed by atoms with E-state index in [9.17, 15) is 33.7 Å². The van der Waals surface area contributed by atoms with E-state index in [-0.39, 0.29) is 11.3 Å². The number of hydrogen-bond acceptors (Lipinski definition) is 7. The molecule has 0 saturated heterocycles. The van der Waals surface area contributed by atoms with Gasteiger partial charge in [0.1, 0.15) is 17.9 Å². The highest BCUT2D eigenvalue weighted by atomic mass is 19.1. The summed E-state index contributed by atoms with van der Waals surface area (Å²) < 4.78 is 18.5. The molecular formula is C24H16FN3O7. The molecule has 4 rings (SSSR count). The molecular weight excluding hydrogens is 461 g/mol. The minimum atomic E-state index is -1.46. The number of esters is 1. The molecule has 0 fully saturated rings. The third-order valence-electron chi connectivity index (χ3n) is 5.16. The minimum absolute atomic E-state index is 0.203. The number of nitrogens with zero attached hydrogens (tertiary/aromatic N) is 2. The molecule has 176 valence electrons. The highest BCUT2D eigenvalue weighted by Crippen LogP contribution is 2.31. The summed E-state index contributed by atoms with van der Waals surface area (Å²) >= 11 is 0. The number of hydrogen-bond donors (Lipinski definition) is 1. The molecule has 1 heterocycles. The van der Waals surface area contributed by atoms with E-state index in [4.69, 9.17) is 4.74 Å². The van der Waals surface area contributed by atoms with Crippen LogP contribution in [0.5, 0.6) is 0 Å². The largest absolute Gasteiger partial charge is 0.446 e. The Morgan fingerprint density at radius 3 is 2.31 bits per heavy atom. The normalized spacial score (nSPS) is 13.2. The number of fused-ring (bicyclic) bond motifs is 1. The summed E-state index contributed by atoms with van der Waals surface area (Å²) in [4.78, 5) is 61.9. The number of ether oxygens (including phenoxy) is 1. The number of nitrogens with one attached hydrogen (secondary N) is 1. The molecule has 0 saturated carbocycles. The van der Waals surface area contributed by atoms with Gasteiger partial charge in [-0.2, -0.15) is 0 Å². The Hall–Kier alpha value is -4.93. The lowest BCUT2D eigenvalue weighted by Gasteiger charge is -2.20. The second-order valence-corrected chi connectivity index (χ2v) is 7.43. The van der Waals surface area contributed by atoms with Gasteiger partial charge in [-0.1, -0.05) is 36.4 Å². The van der Waals surface area contributed by atoms with Crippen LogP contribution in [-0.4, -0.2) is 40.1 Å². The fraction of sp³-hybridized carbons (Fsp3) is 0.0833. The lowest BCUT2D eigenvalue weighted by atomic mass is 10.1. The monoisotopic (exact) mass is 477 g/mol. The van der Waals surface area contributed by atoms with Crippen LogP contribution in [0.15, 0.2) is 72.8 Å². The molecule has 35 heavy (non-hydrogen) atoms. The number of benzene rings is 3. The third-order valence-corrected chi connectivity index (χ3v) is 5.16. The molecule has 1 N–H and O–H groups in total. The number of nitro benzene ring substituents is 1. The third kappa shape index (κ3) is 4.74. The molecule has 1 unspecified atom stereocenters. The van der Waals surface area contributed by atoms with Gasteiger partial charge in [-0.3, -0.25) is 34.2 Å². The highest BCUT2D eigenvalue weighted by Gasteiger charge is 2.42. The zero-order chi connectivity index (χ0) is 25.1. The van der Waals surface area contributed by atoms with Gasteiger partial charge in [0, 0.05) is 17.3 Å². The van der Waals surface area contributed by atoms with Crippen LogP contribution in [0.1, 0.15) is 32.4 Å². The summed E-state index contributed by atoms with van der Waals surface area (Å²) in [5, 5.41) is 13.8. The fourth-order valence-electron chi connectivity index (χ4n) is 3.55. The maximum Gasteiger partial charge on any atom is 0.327 e. The lowest BCUT2D eigenvalue weighted by Crippen LogP contribution is -2.37. The molecule has 11 heteroatoms. The molecule has 0 aromatic heterocycles. The number of carbonyl (C=O) groups is 4. The smallest absolute Gasteiger partial charge is 0.327 e. The van der Waals surface area contributed by atoms with Gasteiger partial charge >= 0.3 is 5.97 Å². The second-order valence-electron chi connectivity index (χ2n) is 7.43. The zero-order valence-electron chi connectivity index (χ0n) is 17.8. The first-order valence-electron chi connectivity index (χ1n) is 10.2. The predicted octanol–water partition coefficient (Wildman–Crippen LogP) is 3.25. The molecule has 1 atom stereocenters. The first-order valence-corrected chi connectivity index (χ1v) is 10.2. The quantitative estimate of drug-likeness (QED) is 0.239. The van der Waals surface area contributed by atoms with E-state index in [0.717, 1.165) is 18.2 Å². The maximum atomic E-state index is 13.2. The van der Waals surface area contributed by atoms with Gasteiger partial charge in [-0.05, 0) is 30.3 Å². The summed E-state index contributed by atoms with van der Waals surface area (Å²) in [6, 6.07) is 16.5. The molecule has 1 aliphatic rings. The number of nitro groups is 1. The lowest BCUT2D eigenvalue weighted by molar-refractivity contribution is -0.385. The van der Waals surface area contributed by atoms with E-state index in [1.807, 2.05) is 0 Å². The van der Waals surface area contributed by atoms with Crippen molar-refractivity contribution >= 4 is 35.1 Å². The van der Waals surface area contributed by atoms with Crippen molar-refractivity contribution < 1.29 is 33.2 Å². The summed E-state index contributed by atoms with van der Waals surface area (Å²) in [6.07, 6.45) is -1.46. The fourth-order valence-corrected chi connectivity index (χ4v) is 3.55. The van der Waals surface area contributed by atoms with E-state index in [2.05, 4.69) is 5.32 Å². The van der Waals surface area contributed by atoms with E-state index < -0.39 is 58.3 Å². The molecule has 3 amide bonds. The average molecular weight is 477 g/mol. The van der Waals surface area contributed by atoms with E-state index in [0.29, 0.717) is 10.5 Å². The number of anilines is 1. The summed E-state index contributed by atoms with van der Waals surface area (Å²) in [7, 11) is 0. The van der Waals surface area contributed by atoms with Crippen LogP contribution < -0.4 is 5.32 Å². The number of halogens is 1. The Balaban J connectivity index is 1.53. The predicted molar refractivity (Wildman–Crippen MR) is 119 cm³/mol. The van der Waals surface area contributed by atoms with Crippen LogP contribution in [-0.2, 0) is 14.3 Å². The number of imide groups is 1. The van der Waals surface area contributed by atoms with Gasteiger partial charge in [0.15, 0.2) is 0 Å². The Bertz CT molecular complexity index is 1340. The van der Waals surface area contributed by atoms with Crippen molar-refractivity contribution in [3.05, 3.63) is 105 Å². The molecule has 0 spiro atoms. The Labute approximate surface area is 197 Å². The van der Waals surface area contributed by atoms with Crippen molar-refractivity contribution in [2.75, 3.05) is 11.9 Å². The summed E-state index contributed by atoms with van der Waals surface area (Å²) in [6.45, 7) is -0.864.